The van der Waals surface area contributed by atoms with E-state index in [2.05, 4.69) is 14.9 Å². The maximum absolute atomic E-state index is 12.2. The molecule has 7 nitrogen and oxygen atoms in total. The average molecular weight is 407 g/mol. The summed E-state index contributed by atoms with van der Waals surface area (Å²) in [5.74, 6) is -0.724. The fourth-order valence-corrected chi connectivity index (χ4v) is 2.36. The Balaban J connectivity index is 1.62. The summed E-state index contributed by atoms with van der Waals surface area (Å²) in [4.78, 5) is 18.1. The van der Waals surface area contributed by atoms with E-state index in [1.807, 2.05) is 25.1 Å². The number of alkyl halides is 3. The van der Waals surface area contributed by atoms with E-state index in [4.69, 9.17) is 9.26 Å². The highest BCUT2D eigenvalue weighted by atomic mass is 19.4. The molecule has 0 fully saturated rings. The fourth-order valence-electron chi connectivity index (χ4n) is 2.36. The lowest BCUT2D eigenvalue weighted by Gasteiger charge is -2.12. The molecule has 0 amide bonds. The number of aromatic nitrogens is 2. The third-order valence-electron chi connectivity index (χ3n) is 3.74. The Morgan fingerprint density at radius 1 is 1.14 bits per heavy atom. The molecule has 1 aromatic heterocycles. The molecule has 0 atom stereocenters. The molecule has 3 aromatic rings. The fraction of sp³-hybridized carbons (Fsp3) is 0.211. The molecule has 0 aliphatic heterocycles. The maximum atomic E-state index is 12.2. The third-order valence-corrected chi connectivity index (χ3v) is 3.74. The van der Waals surface area contributed by atoms with E-state index < -0.39 is 12.3 Å². The van der Waals surface area contributed by atoms with Crippen LogP contribution in [0.1, 0.15) is 16.2 Å². The molecule has 0 aliphatic rings. The predicted octanol–water partition coefficient (Wildman–Crippen LogP) is 4.06. The number of nitrogens with zero attached hydrogens (tertiary/aromatic N) is 3. The van der Waals surface area contributed by atoms with Gasteiger partial charge in [0.15, 0.2) is 6.61 Å². The van der Waals surface area contributed by atoms with Gasteiger partial charge >= 0.3 is 12.3 Å². The first-order valence-corrected chi connectivity index (χ1v) is 8.34. The highest BCUT2D eigenvalue weighted by molar-refractivity contribution is 5.90. The minimum Gasteiger partial charge on any atom is -0.452 e. The molecule has 10 heteroatoms. The number of rotatable bonds is 6. The molecule has 0 saturated heterocycles. The molecule has 0 unspecified atom stereocenters. The summed E-state index contributed by atoms with van der Waals surface area (Å²) in [5, 5.41) is 3.73. The zero-order valence-corrected chi connectivity index (χ0v) is 15.4. The highest BCUT2D eigenvalue weighted by Gasteiger charge is 2.31. The number of hydrogen-bond acceptors (Lipinski definition) is 7. The molecule has 3 rings (SSSR count). The van der Waals surface area contributed by atoms with Crippen molar-refractivity contribution in [2.24, 2.45) is 0 Å². The van der Waals surface area contributed by atoms with Crippen LogP contribution < -0.4 is 9.64 Å². The van der Waals surface area contributed by atoms with Gasteiger partial charge in [-0.15, -0.1) is 13.2 Å². The second-order valence-electron chi connectivity index (χ2n) is 6.10. The van der Waals surface area contributed by atoms with Crippen LogP contribution in [0.25, 0.3) is 11.4 Å². The van der Waals surface area contributed by atoms with Gasteiger partial charge in [0.1, 0.15) is 5.75 Å². The number of ether oxygens (including phenoxy) is 2. The number of hydrogen-bond donors (Lipinski definition) is 0. The summed E-state index contributed by atoms with van der Waals surface area (Å²) < 4.78 is 50.6. The van der Waals surface area contributed by atoms with Gasteiger partial charge in [-0.25, -0.2) is 4.79 Å². The van der Waals surface area contributed by atoms with Crippen LogP contribution in [0.4, 0.5) is 18.9 Å². The summed E-state index contributed by atoms with van der Waals surface area (Å²) in [6, 6.07) is 11.9. The number of esters is 1. The molecular weight excluding hydrogens is 391 g/mol. The van der Waals surface area contributed by atoms with E-state index in [0.717, 1.165) is 17.8 Å². The minimum absolute atomic E-state index is 0.0488. The normalized spacial score (nSPS) is 11.2. The van der Waals surface area contributed by atoms with E-state index in [0.29, 0.717) is 11.1 Å². The summed E-state index contributed by atoms with van der Waals surface area (Å²) in [6.45, 7) is -0.243. The van der Waals surface area contributed by atoms with Crippen molar-refractivity contribution in [3.63, 3.8) is 0 Å². The minimum atomic E-state index is -4.77. The van der Waals surface area contributed by atoms with Crippen LogP contribution in [-0.4, -0.2) is 36.6 Å². The molecular formula is C19H16F3N3O4. The monoisotopic (exact) mass is 407 g/mol. The lowest BCUT2D eigenvalue weighted by molar-refractivity contribution is -0.274. The molecule has 1 heterocycles. The Kier molecular flexibility index (Phi) is 5.71. The molecule has 0 radical (unpaired) electrons. The quantitative estimate of drug-likeness (QED) is 0.570. The maximum Gasteiger partial charge on any atom is 0.573 e. The Bertz CT molecular complexity index is 985. The molecule has 0 spiro atoms. The number of carbonyl (C=O) groups is 1. The zero-order chi connectivity index (χ0) is 21.0. The summed E-state index contributed by atoms with van der Waals surface area (Å²) in [7, 11) is 3.71. The van der Waals surface area contributed by atoms with Gasteiger partial charge in [0, 0.05) is 25.3 Å². The molecule has 0 N–H and O–H groups in total. The lowest BCUT2D eigenvalue weighted by atomic mass is 10.2. The zero-order valence-electron chi connectivity index (χ0n) is 15.4. The molecule has 0 aliphatic carbocycles. The van der Waals surface area contributed by atoms with E-state index in [1.165, 1.54) is 12.1 Å². The molecule has 2 aromatic carbocycles. The van der Waals surface area contributed by atoms with Crippen LogP contribution in [0.15, 0.2) is 53.1 Å². The Morgan fingerprint density at radius 3 is 2.52 bits per heavy atom. The Labute approximate surface area is 163 Å². The standard InChI is InChI=1S/C19H16F3N3O4/c1-25(2)14-5-3-4-13(10-14)18(26)27-11-16-23-17(24-29-16)12-6-8-15(9-7-12)28-19(20,21)22/h3-10H,11H2,1-2H3. The first-order valence-electron chi connectivity index (χ1n) is 8.34. The van der Waals surface area contributed by atoms with Gasteiger partial charge in [0.25, 0.3) is 5.89 Å². The largest absolute Gasteiger partial charge is 0.573 e. The van der Waals surface area contributed by atoms with Crippen molar-refractivity contribution in [2.45, 2.75) is 13.0 Å². The second-order valence-corrected chi connectivity index (χ2v) is 6.10. The summed E-state index contributed by atoms with van der Waals surface area (Å²) in [6.07, 6.45) is -4.77. The van der Waals surface area contributed by atoms with Gasteiger partial charge in [-0.3, -0.25) is 0 Å². The van der Waals surface area contributed by atoms with E-state index in [-0.39, 0.29) is 24.1 Å². The van der Waals surface area contributed by atoms with Crippen molar-refractivity contribution in [1.29, 1.82) is 0 Å². The SMILES string of the molecule is CN(C)c1cccc(C(=O)OCc2nc(-c3ccc(OC(F)(F)F)cc3)no2)c1. The number of halogens is 3. The van der Waals surface area contributed by atoms with Gasteiger partial charge in [-0.1, -0.05) is 11.2 Å². The third kappa shape index (κ3) is 5.47. The van der Waals surface area contributed by atoms with Gasteiger partial charge in [-0.2, -0.15) is 4.98 Å². The average Bonchev–Trinajstić information content (AvgIpc) is 3.14. The van der Waals surface area contributed by atoms with Gasteiger partial charge in [0.2, 0.25) is 5.82 Å². The van der Waals surface area contributed by atoms with Gasteiger partial charge < -0.3 is 18.9 Å². The van der Waals surface area contributed by atoms with Crippen LogP contribution in [0.2, 0.25) is 0 Å². The second kappa shape index (κ2) is 8.21. The van der Waals surface area contributed by atoms with Crippen molar-refractivity contribution >= 4 is 11.7 Å². The highest BCUT2D eigenvalue weighted by Crippen LogP contribution is 2.25. The lowest BCUT2D eigenvalue weighted by Crippen LogP contribution is -2.16. The topological polar surface area (TPSA) is 77.7 Å². The van der Waals surface area contributed by atoms with Crippen molar-refractivity contribution in [1.82, 2.24) is 10.1 Å². The van der Waals surface area contributed by atoms with Crippen molar-refractivity contribution in [3.8, 4) is 17.1 Å². The Morgan fingerprint density at radius 2 is 1.86 bits per heavy atom. The van der Waals surface area contributed by atoms with Crippen molar-refractivity contribution < 1.29 is 32.0 Å². The number of anilines is 1. The van der Waals surface area contributed by atoms with E-state index >= 15 is 0 Å². The molecule has 29 heavy (non-hydrogen) atoms. The van der Waals surface area contributed by atoms with Crippen LogP contribution in [0, 0.1) is 0 Å². The Hall–Kier alpha value is -3.56. The van der Waals surface area contributed by atoms with E-state index in [9.17, 15) is 18.0 Å². The molecule has 0 saturated carbocycles. The van der Waals surface area contributed by atoms with Crippen LogP contribution in [-0.2, 0) is 11.3 Å². The molecule has 152 valence electrons. The van der Waals surface area contributed by atoms with Crippen LogP contribution >= 0.6 is 0 Å². The van der Waals surface area contributed by atoms with Gasteiger partial charge in [0.05, 0.1) is 5.56 Å². The first-order chi connectivity index (χ1) is 13.7. The van der Waals surface area contributed by atoms with Crippen LogP contribution in [0.3, 0.4) is 0 Å². The number of carbonyl (C=O) groups excluding carboxylic acids is 1. The van der Waals surface area contributed by atoms with Crippen LogP contribution in [0.5, 0.6) is 5.75 Å². The van der Waals surface area contributed by atoms with Crippen molar-refractivity contribution in [2.75, 3.05) is 19.0 Å². The number of benzene rings is 2. The van der Waals surface area contributed by atoms with Crippen molar-refractivity contribution in [3.05, 3.63) is 60.0 Å². The predicted molar refractivity (Wildman–Crippen MR) is 96.3 cm³/mol. The first kappa shape index (κ1) is 20.2. The summed E-state index contributed by atoms with van der Waals surface area (Å²) in [5.41, 5.74) is 1.63. The summed E-state index contributed by atoms with van der Waals surface area (Å²) >= 11 is 0. The van der Waals surface area contributed by atoms with E-state index in [1.54, 1.807) is 18.2 Å². The van der Waals surface area contributed by atoms with Gasteiger partial charge in [-0.05, 0) is 42.5 Å². The molecule has 0 bridgehead atoms. The smallest absolute Gasteiger partial charge is 0.452 e.